The summed E-state index contributed by atoms with van der Waals surface area (Å²) in [7, 11) is 3.09. The molecule has 4 atom stereocenters. The first-order valence-electron chi connectivity index (χ1n) is 22.1. The molecule has 4 rings (SSSR count). The van der Waals surface area contributed by atoms with Crippen molar-refractivity contribution in [2.24, 2.45) is 0 Å². The first-order valence-corrected chi connectivity index (χ1v) is 23.1. The van der Waals surface area contributed by atoms with Gasteiger partial charge in [0.05, 0.1) is 25.0 Å². The normalized spacial score (nSPS) is 12.1. The third-order valence-corrected chi connectivity index (χ3v) is 10.8. The zero-order valence-electron chi connectivity index (χ0n) is 43.2. The van der Waals surface area contributed by atoms with Crippen LogP contribution in [-0.2, 0) is 53.7 Å². The van der Waals surface area contributed by atoms with E-state index in [1.165, 1.54) is 27.7 Å². The number of aliphatic hydroxyl groups excluding tert-OH is 2. The summed E-state index contributed by atoms with van der Waals surface area (Å²) in [5.41, 5.74) is 4.04. The molecule has 0 fully saturated rings. The molecule has 0 aliphatic heterocycles. The molecule has 21 heteroatoms. The Kier molecular flexibility index (Phi) is 38.6. The summed E-state index contributed by atoms with van der Waals surface area (Å²) in [5, 5.41) is 19.1. The van der Waals surface area contributed by atoms with Gasteiger partial charge in [-0.1, -0.05) is 76.2 Å². The number of hydrogen-bond donors (Lipinski definition) is 2. The van der Waals surface area contributed by atoms with Gasteiger partial charge in [-0.2, -0.15) is 54.0 Å². The van der Waals surface area contributed by atoms with Gasteiger partial charge in [0.15, 0.2) is 6.10 Å². The predicted octanol–water partition coefficient (Wildman–Crippen LogP) is 8.44. The molecule has 0 saturated carbocycles. The van der Waals surface area contributed by atoms with Gasteiger partial charge in [-0.05, 0) is 70.8 Å². The van der Waals surface area contributed by atoms with Crippen molar-refractivity contribution in [2.45, 2.75) is 90.6 Å². The molecule has 15 nitrogen and oxygen atoms in total. The molecule has 73 heavy (non-hydrogen) atoms. The first kappa shape index (κ1) is 73.2. The largest absolute Gasteiger partial charge is 0.491 e. The molecule has 0 aliphatic rings. The van der Waals surface area contributed by atoms with Crippen LogP contribution in [0.15, 0.2) is 97.1 Å². The lowest BCUT2D eigenvalue weighted by atomic mass is 9.78. The van der Waals surface area contributed by atoms with Crippen molar-refractivity contribution in [1.29, 1.82) is 0 Å². The average molecular weight is 1140 g/mol. The van der Waals surface area contributed by atoms with E-state index < -0.39 is 36.4 Å². The van der Waals surface area contributed by atoms with Crippen molar-refractivity contribution < 1.29 is 72.0 Å². The zero-order valence-corrected chi connectivity index (χ0v) is 48.7. The lowest BCUT2D eigenvalue weighted by Gasteiger charge is -2.27. The van der Waals surface area contributed by atoms with E-state index in [1.807, 2.05) is 97.1 Å². The number of hydrogen-bond acceptors (Lipinski definition) is 15. The fourth-order valence-corrected chi connectivity index (χ4v) is 6.58. The van der Waals surface area contributed by atoms with Gasteiger partial charge in [-0.3, -0.25) is 19.2 Å². The minimum absolute atomic E-state index is 0. The van der Waals surface area contributed by atoms with Gasteiger partial charge in [0, 0.05) is 52.7 Å². The first-order chi connectivity index (χ1) is 32.6. The van der Waals surface area contributed by atoms with Gasteiger partial charge in [0.25, 0.3) is 0 Å². The number of esters is 4. The third-order valence-electron chi connectivity index (χ3n) is 10.1. The van der Waals surface area contributed by atoms with Crippen molar-refractivity contribution in [3.63, 3.8) is 0 Å². The van der Waals surface area contributed by atoms with Crippen molar-refractivity contribution in [2.75, 3.05) is 65.6 Å². The number of carbonyl (C=O) groups is 4. The molecule has 2 N–H and O–H groups in total. The number of carbonyl (C=O) groups excluding carboxylic acids is 4. The van der Waals surface area contributed by atoms with Crippen LogP contribution in [0.5, 0.6) is 23.0 Å². The Morgan fingerprint density at radius 1 is 0.425 bits per heavy atom. The maximum Gasteiger partial charge on any atom is 0.310 e. The highest BCUT2D eigenvalue weighted by Crippen LogP contribution is 2.35. The van der Waals surface area contributed by atoms with E-state index in [2.05, 4.69) is 32.4 Å². The molecule has 412 valence electrons. The highest BCUT2D eigenvalue weighted by molar-refractivity contribution is 7.59. The second kappa shape index (κ2) is 38.5. The van der Waals surface area contributed by atoms with Crippen LogP contribution in [0.2, 0.25) is 0 Å². The van der Waals surface area contributed by atoms with E-state index in [-0.39, 0.29) is 128 Å². The van der Waals surface area contributed by atoms with Gasteiger partial charge in [0.1, 0.15) is 67.7 Å². The topological polar surface area (TPSA) is 192 Å². The summed E-state index contributed by atoms with van der Waals surface area (Å²) >= 11 is 11.4. The Bertz CT molecular complexity index is 2120. The van der Waals surface area contributed by atoms with Crippen molar-refractivity contribution in [3.8, 4) is 23.0 Å². The molecule has 0 unspecified atom stereocenters. The molecule has 0 bridgehead atoms. The SMILES string of the molecule is CC(=O)OC(C)=O.COC[C@@H](COc1ccc(C(C)(C)c2ccc(OC[C@@H](CCl)OC(C)=O)cc2)cc1)OC(C)=O.COC[C@H](O)COc1ccc(C(C)(C)c2ccc(OC[C@H](O)CCl)cc2)cc1.S.S.S.S. The second-order valence-electron chi connectivity index (χ2n) is 16.7. The van der Waals surface area contributed by atoms with E-state index in [9.17, 15) is 29.4 Å². The van der Waals surface area contributed by atoms with Crippen molar-refractivity contribution in [3.05, 3.63) is 119 Å². The monoisotopic (exact) mass is 1140 g/mol. The van der Waals surface area contributed by atoms with Gasteiger partial charge >= 0.3 is 23.9 Å². The van der Waals surface area contributed by atoms with Crippen LogP contribution in [0.1, 0.15) is 77.6 Å². The number of alkyl halides is 2. The van der Waals surface area contributed by atoms with Crippen LogP contribution >= 0.6 is 77.2 Å². The fraction of sp³-hybridized carbons (Fsp3) is 0.462. The third kappa shape index (κ3) is 28.5. The zero-order chi connectivity index (χ0) is 51.6. The van der Waals surface area contributed by atoms with E-state index in [0.717, 1.165) is 22.3 Å². The summed E-state index contributed by atoms with van der Waals surface area (Å²) in [4.78, 5) is 41.9. The number of rotatable bonds is 24. The minimum Gasteiger partial charge on any atom is -0.491 e. The number of methoxy groups -OCH3 is 2. The standard InChI is InChI=1S/C26H33ClO7.C22H29ClO5.C4H6O3.4H2S/c1-18(28)33-24(14-27)16-31-22-10-6-20(7-11-22)26(3,4)21-8-12-23(13-9-21)32-17-25(15-30-5)34-19(2)29;1-22(2,16-4-8-20(9-5-16)27-14-18(24)12-23)17-6-10-21(11-7-17)28-15-19(25)13-26-3;1-3(5)7-4(2)6;;;;/h6-13,24-25H,14-17H2,1-5H3;4-11,18-19,24-25H,12-15H2,1-3H3;1-2H3;4*1H2/t24-,25+;18-,19+;;;;;/m11...../s1. The summed E-state index contributed by atoms with van der Waals surface area (Å²) in [6.45, 7) is 14.9. The Morgan fingerprint density at radius 3 is 0.973 bits per heavy atom. The van der Waals surface area contributed by atoms with Crippen LogP contribution in [0.25, 0.3) is 0 Å². The molecule has 0 spiro atoms. The summed E-state index contributed by atoms with van der Waals surface area (Å²) in [6.07, 6.45) is -2.27. The number of ether oxygens (including phenoxy) is 9. The minimum atomic E-state index is -0.672. The molecular weight excluding hydrogens is 1060 g/mol. The second-order valence-corrected chi connectivity index (χ2v) is 17.3. The van der Waals surface area contributed by atoms with E-state index in [0.29, 0.717) is 23.0 Å². The Balaban J connectivity index is -0.00000114. The highest BCUT2D eigenvalue weighted by atomic mass is 35.5. The summed E-state index contributed by atoms with van der Waals surface area (Å²) in [6, 6.07) is 31.3. The Hall–Kier alpha value is -4.02. The van der Waals surface area contributed by atoms with Gasteiger partial charge < -0.3 is 52.8 Å². The van der Waals surface area contributed by atoms with Crippen LogP contribution in [0.3, 0.4) is 0 Å². The number of benzene rings is 4. The molecule has 4 aromatic carbocycles. The molecular formula is C52H76Cl2O15S4. The Labute approximate surface area is 468 Å². The molecule has 0 saturated heterocycles. The van der Waals surface area contributed by atoms with Crippen molar-refractivity contribution >= 4 is 101 Å². The molecule has 0 heterocycles. The lowest BCUT2D eigenvalue weighted by molar-refractivity contribution is -0.156. The van der Waals surface area contributed by atoms with Crippen LogP contribution in [0.4, 0.5) is 0 Å². The van der Waals surface area contributed by atoms with E-state index in [4.69, 9.17) is 61.1 Å². The maximum absolute atomic E-state index is 11.2. The molecule has 0 amide bonds. The smallest absolute Gasteiger partial charge is 0.310 e. The van der Waals surface area contributed by atoms with Gasteiger partial charge in [-0.15, -0.1) is 23.2 Å². The molecule has 4 aromatic rings. The lowest BCUT2D eigenvalue weighted by Crippen LogP contribution is -2.28. The fourth-order valence-electron chi connectivity index (χ4n) is 6.34. The Morgan fingerprint density at radius 2 is 0.712 bits per heavy atom. The number of halogens is 2. The highest BCUT2D eigenvalue weighted by Gasteiger charge is 2.25. The van der Waals surface area contributed by atoms with Gasteiger partial charge in [0.2, 0.25) is 0 Å². The van der Waals surface area contributed by atoms with Crippen LogP contribution < -0.4 is 18.9 Å². The molecule has 0 aliphatic carbocycles. The molecule has 0 radical (unpaired) electrons. The van der Waals surface area contributed by atoms with Gasteiger partial charge in [-0.25, -0.2) is 0 Å². The maximum atomic E-state index is 11.2. The summed E-state index contributed by atoms with van der Waals surface area (Å²) in [5.74, 6) is 1.18. The average Bonchev–Trinajstić information content (AvgIpc) is 3.31. The van der Waals surface area contributed by atoms with E-state index in [1.54, 1.807) is 14.2 Å². The van der Waals surface area contributed by atoms with Crippen molar-refractivity contribution in [1.82, 2.24) is 0 Å². The van der Waals surface area contributed by atoms with E-state index >= 15 is 0 Å². The van der Waals surface area contributed by atoms with Crippen LogP contribution in [-0.4, -0.2) is 124 Å². The van der Waals surface area contributed by atoms with Crippen LogP contribution in [0, 0.1) is 0 Å². The number of aliphatic hydroxyl groups is 2. The quantitative estimate of drug-likeness (QED) is 0.0294. The predicted molar refractivity (Wildman–Crippen MR) is 304 cm³/mol. The summed E-state index contributed by atoms with van der Waals surface area (Å²) < 4.78 is 46.8. The molecule has 0 aromatic heterocycles.